The van der Waals surface area contributed by atoms with Gasteiger partial charge in [0.15, 0.2) is 5.75 Å². The molecule has 0 aliphatic carbocycles. The van der Waals surface area contributed by atoms with Gasteiger partial charge in [-0.25, -0.2) is 8.42 Å². The second-order valence-corrected chi connectivity index (χ2v) is 9.56. The van der Waals surface area contributed by atoms with Crippen molar-refractivity contribution in [3.05, 3.63) is 57.0 Å². The minimum absolute atomic E-state index is 0.0285. The first-order valence-electron chi connectivity index (χ1n) is 8.59. The number of halogens is 3. The van der Waals surface area contributed by atoms with Crippen molar-refractivity contribution < 1.29 is 17.9 Å². The molecule has 1 aliphatic rings. The summed E-state index contributed by atoms with van der Waals surface area (Å²) in [6, 6.07) is 10.8. The molecule has 0 atom stereocenters. The predicted octanol–water partition coefficient (Wildman–Crippen LogP) is 4.52. The molecule has 2 aromatic carbocycles. The molecule has 0 spiro atoms. The van der Waals surface area contributed by atoms with Gasteiger partial charge in [0.05, 0.1) is 26.4 Å². The van der Waals surface area contributed by atoms with E-state index in [9.17, 15) is 18.5 Å². The maximum absolute atomic E-state index is 12.9. The fourth-order valence-electron chi connectivity index (χ4n) is 3.07. The molecule has 1 aliphatic heterocycles. The van der Waals surface area contributed by atoms with E-state index in [1.165, 1.54) is 28.6 Å². The van der Waals surface area contributed by atoms with Gasteiger partial charge in [0, 0.05) is 18.1 Å². The van der Waals surface area contributed by atoms with Gasteiger partial charge >= 0.3 is 5.97 Å². The van der Waals surface area contributed by atoms with Crippen molar-refractivity contribution in [2.24, 2.45) is 5.92 Å². The van der Waals surface area contributed by atoms with Crippen LogP contribution in [0.15, 0.2) is 41.3 Å². The third kappa shape index (κ3) is 4.68. The Hall–Kier alpha value is -1.82. The monoisotopic (exact) mass is 472 g/mol. The Morgan fingerprint density at radius 1 is 1.10 bits per heavy atom. The summed E-state index contributed by atoms with van der Waals surface area (Å²) in [5.74, 6) is -1.01. The van der Waals surface area contributed by atoms with Crippen molar-refractivity contribution in [2.45, 2.75) is 17.7 Å². The van der Waals surface area contributed by atoms with Gasteiger partial charge in [-0.1, -0.05) is 46.9 Å². The summed E-state index contributed by atoms with van der Waals surface area (Å²) in [6.45, 7) is 0.258. The number of piperidine rings is 1. The topological polar surface area (TPSA) is 87.5 Å². The zero-order valence-electron chi connectivity index (χ0n) is 14.9. The number of hydrogen-bond donors (Lipinski definition) is 0. The van der Waals surface area contributed by atoms with E-state index in [1.807, 2.05) is 6.07 Å². The Bertz CT molecular complexity index is 1070. The minimum Gasteiger partial charge on any atom is -0.423 e. The molecular weight excluding hydrogens is 459 g/mol. The van der Waals surface area contributed by atoms with Gasteiger partial charge in [0.1, 0.15) is 6.07 Å². The molecule has 3 rings (SSSR count). The van der Waals surface area contributed by atoms with E-state index in [0.29, 0.717) is 5.02 Å². The van der Waals surface area contributed by atoms with Crippen molar-refractivity contribution in [1.82, 2.24) is 4.31 Å². The van der Waals surface area contributed by atoms with Crippen LogP contribution in [0.3, 0.4) is 0 Å². The van der Waals surface area contributed by atoms with Gasteiger partial charge in [-0.2, -0.15) is 9.57 Å². The van der Waals surface area contributed by atoms with Crippen LogP contribution in [0.4, 0.5) is 0 Å². The number of carbonyl (C=O) groups is 1. The van der Waals surface area contributed by atoms with Crippen LogP contribution in [-0.2, 0) is 14.8 Å². The zero-order valence-corrected chi connectivity index (χ0v) is 18.0. The average Bonchev–Trinajstić information content (AvgIpc) is 2.70. The van der Waals surface area contributed by atoms with Gasteiger partial charge in [-0.3, -0.25) is 4.79 Å². The highest BCUT2D eigenvalue weighted by Crippen LogP contribution is 2.37. The van der Waals surface area contributed by atoms with Crippen molar-refractivity contribution in [1.29, 1.82) is 5.26 Å². The largest absolute Gasteiger partial charge is 0.423 e. The highest BCUT2D eigenvalue weighted by atomic mass is 35.5. The van der Waals surface area contributed by atoms with Crippen LogP contribution in [0.1, 0.15) is 18.4 Å². The van der Waals surface area contributed by atoms with Gasteiger partial charge in [0.25, 0.3) is 0 Å². The Labute approximate surface area is 183 Å². The van der Waals surface area contributed by atoms with E-state index in [0.717, 1.165) is 0 Å². The molecular formula is C19H15Cl3N2O4S. The molecule has 0 unspecified atom stereocenters. The average molecular weight is 474 g/mol. The highest BCUT2D eigenvalue weighted by Gasteiger charge is 2.34. The van der Waals surface area contributed by atoms with Gasteiger partial charge in [-0.15, -0.1) is 0 Å². The van der Waals surface area contributed by atoms with E-state index < -0.39 is 21.9 Å². The third-order valence-electron chi connectivity index (χ3n) is 4.58. The molecule has 0 saturated carbocycles. The maximum Gasteiger partial charge on any atom is 0.314 e. The SMILES string of the molecule is N#Cc1ccccc1S(=O)(=O)N1CCC(C(=O)Oc2c(Cl)cc(Cl)cc2Cl)CC1. The molecule has 2 aromatic rings. The first-order valence-corrected chi connectivity index (χ1v) is 11.2. The fourth-order valence-corrected chi connectivity index (χ4v) is 5.57. The first kappa shape index (κ1) is 21.9. The first-order chi connectivity index (χ1) is 13.7. The van der Waals surface area contributed by atoms with Crippen LogP contribution in [0, 0.1) is 17.2 Å². The number of nitriles is 1. The molecule has 1 fully saturated rings. The Balaban J connectivity index is 1.69. The Morgan fingerprint density at radius 2 is 1.69 bits per heavy atom. The summed E-state index contributed by atoms with van der Waals surface area (Å²) in [5.41, 5.74) is 0.0843. The van der Waals surface area contributed by atoms with Gasteiger partial charge in [-0.05, 0) is 37.1 Å². The predicted molar refractivity (Wildman–Crippen MR) is 110 cm³/mol. The summed E-state index contributed by atoms with van der Waals surface area (Å²) >= 11 is 17.9. The number of carbonyl (C=O) groups excluding carboxylic acids is 1. The van der Waals surface area contributed by atoms with Crippen LogP contribution in [0.2, 0.25) is 15.1 Å². The summed E-state index contributed by atoms with van der Waals surface area (Å²) in [5, 5.41) is 9.72. The molecule has 1 heterocycles. The standard InChI is InChI=1S/C19H15Cl3N2O4S/c20-14-9-15(21)18(16(22)10-14)28-19(25)12-5-7-24(8-6-12)29(26,27)17-4-2-1-3-13(17)11-23/h1-4,9-10,12H,5-8H2. The lowest BCUT2D eigenvalue weighted by atomic mass is 9.98. The fraction of sp³-hybridized carbons (Fsp3) is 0.263. The molecule has 0 amide bonds. The van der Waals surface area contributed by atoms with Gasteiger partial charge in [0.2, 0.25) is 10.0 Å². The summed E-state index contributed by atoms with van der Waals surface area (Å²) in [7, 11) is -3.83. The highest BCUT2D eigenvalue weighted by molar-refractivity contribution is 7.89. The number of sulfonamides is 1. The molecule has 6 nitrogen and oxygen atoms in total. The number of ether oxygens (including phenoxy) is 1. The molecule has 0 N–H and O–H groups in total. The van der Waals surface area contributed by atoms with Crippen molar-refractivity contribution in [2.75, 3.05) is 13.1 Å². The Kier molecular flexibility index (Phi) is 6.72. The number of hydrogen-bond acceptors (Lipinski definition) is 5. The van der Waals surface area contributed by atoms with Crippen LogP contribution in [-0.4, -0.2) is 31.8 Å². The third-order valence-corrected chi connectivity index (χ3v) is 7.31. The molecule has 10 heteroatoms. The summed E-state index contributed by atoms with van der Waals surface area (Å²) in [6.07, 6.45) is 0.547. The number of esters is 1. The molecule has 0 bridgehead atoms. The summed E-state index contributed by atoms with van der Waals surface area (Å²) < 4.78 is 32.3. The van der Waals surface area contributed by atoms with E-state index in [2.05, 4.69) is 0 Å². The lowest BCUT2D eigenvalue weighted by molar-refractivity contribution is -0.140. The van der Waals surface area contributed by atoms with E-state index in [4.69, 9.17) is 39.5 Å². The second kappa shape index (κ2) is 8.90. The van der Waals surface area contributed by atoms with Crippen LogP contribution in [0.25, 0.3) is 0 Å². The van der Waals surface area contributed by atoms with Crippen LogP contribution in [0.5, 0.6) is 5.75 Å². The summed E-state index contributed by atoms with van der Waals surface area (Å²) in [4.78, 5) is 12.5. The maximum atomic E-state index is 12.9. The molecule has 29 heavy (non-hydrogen) atoms. The quantitative estimate of drug-likeness (QED) is 0.481. The zero-order chi connectivity index (χ0) is 21.2. The molecule has 0 aromatic heterocycles. The molecule has 1 saturated heterocycles. The van der Waals surface area contributed by atoms with Crippen LogP contribution < -0.4 is 4.74 Å². The smallest absolute Gasteiger partial charge is 0.314 e. The van der Waals surface area contributed by atoms with Crippen molar-refractivity contribution in [3.63, 3.8) is 0 Å². The van der Waals surface area contributed by atoms with E-state index in [1.54, 1.807) is 12.1 Å². The normalized spacial score (nSPS) is 15.7. The lowest BCUT2D eigenvalue weighted by Crippen LogP contribution is -2.41. The second-order valence-electron chi connectivity index (χ2n) is 6.41. The van der Waals surface area contributed by atoms with Crippen LogP contribution >= 0.6 is 34.8 Å². The molecule has 152 valence electrons. The minimum atomic E-state index is -3.83. The van der Waals surface area contributed by atoms with Crippen molar-refractivity contribution >= 4 is 50.8 Å². The van der Waals surface area contributed by atoms with Crippen molar-refractivity contribution in [3.8, 4) is 11.8 Å². The number of rotatable bonds is 4. The molecule has 0 radical (unpaired) electrons. The van der Waals surface area contributed by atoms with Gasteiger partial charge < -0.3 is 4.74 Å². The van der Waals surface area contributed by atoms with E-state index in [-0.39, 0.29) is 52.2 Å². The number of nitrogens with zero attached hydrogens (tertiary/aromatic N) is 2. The lowest BCUT2D eigenvalue weighted by Gasteiger charge is -2.30. The number of benzene rings is 2. The van der Waals surface area contributed by atoms with E-state index >= 15 is 0 Å². The Morgan fingerprint density at radius 3 is 2.28 bits per heavy atom.